The van der Waals surface area contributed by atoms with Crippen LogP contribution in [0.25, 0.3) is 0 Å². The minimum Gasteiger partial charge on any atom is -0.497 e. The van der Waals surface area contributed by atoms with E-state index in [0.29, 0.717) is 5.75 Å². The second kappa shape index (κ2) is 7.61. The molecule has 2 aromatic rings. The third-order valence-electron chi connectivity index (χ3n) is 3.80. The number of thioether (sulfide) groups is 1. The molecule has 5 nitrogen and oxygen atoms in total. The number of rotatable bonds is 6. The van der Waals surface area contributed by atoms with Crippen LogP contribution in [0.5, 0.6) is 5.75 Å². The summed E-state index contributed by atoms with van der Waals surface area (Å²) in [5.74, 6) is -0.214. The van der Waals surface area contributed by atoms with Crippen molar-refractivity contribution >= 4 is 23.7 Å². The fourth-order valence-corrected chi connectivity index (χ4v) is 3.61. The molecule has 25 heavy (non-hydrogen) atoms. The molecular weight excluding hydrogens is 340 g/mol. The number of carbonyl (C=O) groups excluding carboxylic acids is 2. The summed E-state index contributed by atoms with van der Waals surface area (Å²) in [6, 6.07) is 16.6. The number of carbonyl (C=O) groups is 2. The lowest BCUT2D eigenvalue weighted by Gasteiger charge is -2.24. The van der Waals surface area contributed by atoms with E-state index in [2.05, 4.69) is 0 Å². The van der Waals surface area contributed by atoms with E-state index in [1.165, 1.54) is 11.8 Å². The van der Waals surface area contributed by atoms with Crippen molar-refractivity contribution in [1.29, 1.82) is 0 Å². The maximum atomic E-state index is 12.7. The Kier molecular flexibility index (Phi) is 5.28. The Hall–Kier alpha value is -2.47. The number of esters is 2. The van der Waals surface area contributed by atoms with Crippen molar-refractivity contribution in [3.05, 3.63) is 60.2 Å². The first-order chi connectivity index (χ1) is 12.1. The predicted molar refractivity (Wildman–Crippen MR) is 93.1 cm³/mol. The quantitative estimate of drug-likeness (QED) is 0.736. The normalized spacial score (nSPS) is 19.3. The van der Waals surface area contributed by atoms with Crippen LogP contribution in [0.15, 0.2) is 59.5 Å². The first-order valence-corrected chi connectivity index (χ1v) is 8.69. The molecule has 1 aliphatic rings. The van der Waals surface area contributed by atoms with Crippen LogP contribution in [0.3, 0.4) is 0 Å². The Morgan fingerprint density at radius 2 is 1.88 bits per heavy atom. The van der Waals surface area contributed by atoms with Crippen molar-refractivity contribution in [2.45, 2.75) is 29.3 Å². The number of benzene rings is 2. The van der Waals surface area contributed by atoms with Gasteiger partial charge in [0.15, 0.2) is 0 Å². The maximum absolute atomic E-state index is 12.7. The molecule has 0 aromatic heterocycles. The van der Waals surface area contributed by atoms with Crippen LogP contribution in [0.4, 0.5) is 0 Å². The van der Waals surface area contributed by atoms with Gasteiger partial charge in [-0.25, -0.2) is 4.79 Å². The zero-order valence-corrected chi connectivity index (χ0v) is 14.6. The van der Waals surface area contributed by atoms with Crippen LogP contribution in [0, 0.1) is 0 Å². The van der Waals surface area contributed by atoms with E-state index in [-0.39, 0.29) is 19.4 Å². The van der Waals surface area contributed by atoms with Gasteiger partial charge in [0.1, 0.15) is 12.4 Å². The molecule has 0 spiro atoms. The van der Waals surface area contributed by atoms with Crippen LogP contribution >= 0.6 is 11.8 Å². The first-order valence-electron chi connectivity index (χ1n) is 7.87. The fraction of sp³-hybridized carbons (Fsp3) is 0.263. The molecule has 1 saturated heterocycles. The van der Waals surface area contributed by atoms with Crippen molar-refractivity contribution in [2.24, 2.45) is 0 Å². The molecule has 0 saturated carbocycles. The molecule has 1 atom stereocenters. The molecule has 0 aliphatic carbocycles. The van der Waals surface area contributed by atoms with Gasteiger partial charge in [-0.15, -0.1) is 0 Å². The zero-order valence-electron chi connectivity index (χ0n) is 13.8. The Morgan fingerprint density at radius 1 is 1.16 bits per heavy atom. The van der Waals surface area contributed by atoms with Gasteiger partial charge >= 0.3 is 11.9 Å². The number of ether oxygens (including phenoxy) is 3. The van der Waals surface area contributed by atoms with Crippen molar-refractivity contribution in [3.63, 3.8) is 0 Å². The van der Waals surface area contributed by atoms with Gasteiger partial charge < -0.3 is 14.2 Å². The summed E-state index contributed by atoms with van der Waals surface area (Å²) in [7, 11) is 1.59. The lowest BCUT2D eigenvalue weighted by molar-refractivity contribution is -0.165. The predicted octanol–water partition coefficient (Wildman–Crippen LogP) is 3.56. The largest absolute Gasteiger partial charge is 0.497 e. The van der Waals surface area contributed by atoms with Crippen LogP contribution in [0.2, 0.25) is 0 Å². The van der Waals surface area contributed by atoms with Gasteiger partial charge in [-0.1, -0.05) is 42.1 Å². The van der Waals surface area contributed by atoms with E-state index >= 15 is 0 Å². The average Bonchev–Trinajstić information content (AvgIpc) is 3.03. The highest BCUT2D eigenvalue weighted by Crippen LogP contribution is 2.43. The second-order valence-corrected chi connectivity index (χ2v) is 6.90. The molecule has 1 fully saturated rings. The average molecular weight is 358 g/mol. The van der Waals surface area contributed by atoms with E-state index in [1.807, 2.05) is 42.5 Å². The molecule has 0 bridgehead atoms. The zero-order chi connectivity index (χ0) is 17.7. The Balaban J connectivity index is 1.73. The van der Waals surface area contributed by atoms with Gasteiger partial charge in [0.25, 0.3) is 4.93 Å². The van der Waals surface area contributed by atoms with Crippen molar-refractivity contribution in [1.82, 2.24) is 0 Å². The molecule has 3 rings (SSSR count). The third-order valence-corrected chi connectivity index (χ3v) is 5.09. The van der Waals surface area contributed by atoms with E-state index < -0.39 is 16.9 Å². The standard InChI is InChI=1S/C19H18O5S/c1-22-15-7-9-16(10-8-15)25-19(12-11-17(20)24-19)18(21)23-13-14-5-3-2-4-6-14/h2-10H,11-13H2,1H3. The SMILES string of the molecule is COc1ccc(SC2(C(=O)OCc3ccccc3)CCC(=O)O2)cc1. The number of hydrogen-bond donors (Lipinski definition) is 0. The highest BCUT2D eigenvalue weighted by Gasteiger charge is 2.50. The van der Waals surface area contributed by atoms with Crippen LogP contribution in [0.1, 0.15) is 18.4 Å². The van der Waals surface area contributed by atoms with Gasteiger partial charge in [-0.3, -0.25) is 4.79 Å². The Bertz CT molecular complexity index is 744. The van der Waals surface area contributed by atoms with Gasteiger partial charge in [0, 0.05) is 11.3 Å². The van der Waals surface area contributed by atoms with Crippen LogP contribution in [-0.4, -0.2) is 24.0 Å². The van der Waals surface area contributed by atoms with Gasteiger partial charge in [-0.05, 0) is 29.8 Å². The van der Waals surface area contributed by atoms with E-state index in [1.54, 1.807) is 19.2 Å². The molecule has 0 N–H and O–H groups in total. The highest BCUT2D eigenvalue weighted by molar-refractivity contribution is 8.01. The van der Waals surface area contributed by atoms with Crippen molar-refractivity contribution < 1.29 is 23.8 Å². The summed E-state index contributed by atoms with van der Waals surface area (Å²) in [5.41, 5.74) is 0.879. The molecule has 1 heterocycles. The first kappa shape index (κ1) is 17.4. The van der Waals surface area contributed by atoms with Gasteiger partial charge in [0.2, 0.25) is 0 Å². The summed E-state index contributed by atoms with van der Waals surface area (Å²) in [6.07, 6.45) is 0.486. The molecule has 2 aromatic carbocycles. The van der Waals surface area contributed by atoms with E-state index in [4.69, 9.17) is 14.2 Å². The molecular formula is C19H18O5S. The minimum atomic E-state index is -1.33. The third kappa shape index (κ3) is 4.14. The monoisotopic (exact) mass is 358 g/mol. The Labute approximate surface area is 150 Å². The number of methoxy groups -OCH3 is 1. The van der Waals surface area contributed by atoms with E-state index in [9.17, 15) is 9.59 Å². The molecule has 1 unspecified atom stereocenters. The van der Waals surface area contributed by atoms with E-state index in [0.717, 1.165) is 10.5 Å². The minimum absolute atomic E-state index is 0.141. The lowest BCUT2D eigenvalue weighted by Crippen LogP contribution is -2.36. The smallest absolute Gasteiger partial charge is 0.362 e. The topological polar surface area (TPSA) is 61.8 Å². The summed E-state index contributed by atoms with van der Waals surface area (Å²) in [4.78, 5) is 23.8. The number of cyclic esters (lactones) is 1. The summed E-state index contributed by atoms with van der Waals surface area (Å²) in [6.45, 7) is 0.141. The molecule has 0 amide bonds. The molecule has 130 valence electrons. The Morgan fingerprint density at radius 3 is 2.48 bits per heavy atom. The highest BCUT2D eigenvalue weighted by atomic mass is 32.2. The van der Waals surface area contributed by atoms with Crippen molar-refractivity contribution in [2.75, 3.05) is 7.11 Å². The lowest BCUT2D eigenvalue weighted by atomic mass is 10.2. The van der Waals surface area contributed by atoms with Crippen LogP contribution < -0.4 is 4.74 Å². The van der Waals surface area contributed by atoms with Gasteiger partial charge in [0.05, 0.1) is 13.5 Å². The molecule has 6 heteroatoms. The van der Waals surface area contributed by atoms with Crippen LogP contribution in [-0.2, 0) is 25.7 Å². The summed E-state index contributed by atoms with van der Waals surface area (Å²) >= 11 is 1.19. The molecule has 1 aliphatic heterocycles. The number of hydrogen-bond acceptors (Lipinski definition) is 6. The van der Waals surface area contributed by atoms with Gasteiger partial charge in [-0.2, -0.15) is 0 Å². The van der Waals surface area contributed by atoms with Crippen molar-refractivity contribution in [3.8, 4) is 5.75 Å². The molecule has 0 radical (unpaired) electrons. The summed E-state index contributed by atoms with van der Waals surface area (Å²) in [5, 5.41) is 0. The second-order valence-electron chi connectivity index (χ2n) is 5.57. The summed E-state index contributed by atoms with van der Waals surface area (Å²) < 4.78 is 15.9. The maximum Gasteiger partial charge on any atom is 0.362 e. The fourth-order valence-electron chi connectivity index (χ4n) is 2.48.